The summed E-state index contributed by atoms with van der Waals surface area (Å²) in [7, 11) is -5.33. The minimum atomic E-state index is -2.90. The summed E-state index contributed by atoms with van der Waals surface area (Å²) in [4.78, 5) is 0. The molecule has 0 fully saturated rings. The molecule has 0 spiro atoms. The summed E-state index contributed by atoms with van der Waals surface area (Å²) in [6.07, 6.45) is 7.45. The van der Waals surface area contributed by atoms with E-state index in [1.54, 1.807) is 23.3 Å². The van der Waals surface area contributed by atoms with Gasteiger partial charge in [-0.15, -0.1) is 0 Å². The quantitative estimate of drug-likeness (QED) is 0.161. The number of sulfone groups is 1. The van der Waals surface area contributed by atoms with Crippen molar-refractivity contribution < 1.29 is 54.7 Å². The molecule has 0 aromatic rings. The second-order valence-electron chi connectivity index (χ2n) is 27.8. The Kier molecular flexibility index (Phi) is 34.5. The third kappa shape index (κ3) is 76.9. The van der Waals surface area contributed by atoms with Gasteiger partial charge in [-0.05, 0) is 42.5 Å². The van der Waals surface area contributed by atoms with Crippen LogP contribution in [0.2, 0.25) is 0 Å². The zero-order valence-electron chi connectivity index (χ0n) is 45.1. The third-order valence-corrected chi connectivity index (χ3v) is 15.2. The Hall–Kier alpha value is 1.26. The van der Waals surface area contributed by atoms with Crippen molar-refractivity contribution in [3.8, 4) is 0 Å². The maximum absolute atomic E-state index is 11.7. The van der Waals surface area contributed by atoms with Gasteiger partial charge in [0, 0.05) is 52.4 Å². The molecular weight excluding hydrogens is 996 g/mol. The van der Waals surface area contributed by atoms with Crippen molar-refractivity contribution >= 4 is 39.9 Å². The summed E-state index contributed by atoms with van der Waals surface area (Å²) in [5.41, 5.74) is 2.14. The number of hydrogen-bond acceptors (Lipinski definition) is 4. The molecule has 0 N–H and O–H groups in total. The minimum absolute atomic E-state index is 0. The zero-order valence-corrected chi connectivity index (χ0v) is 51.8. The van der Waals surface area contributed by atoms with Crippen molar-refractivity contribution in [3.05, 3.63) is 6.42 Å². The molecular formula is C50H107O4S3VW-. The van der Waals surface area contributed by atoms with E-state index in [2.05, 4.69) is 158 Å². The second kappa shape index (κ2) is 28.3. The molecule has 0 aliphatic rings. The van der Waals surface area contributed by atoms with Gasteiger partial charge in [-0.3, -0.25) is 8.42 Å². The predicted octanol–water partition coefficient (Wildman–Crippen LogP) is 14.7. The molecule has 0 rings (SSSR count). The molecule has 0 saturated heterocycles. The van der Waals surface area contributed by atoms with Crippen LogP contribution in [0.4, 0.5) is 0 Å². The van der Waals surface area contributed by atoms with E-state index in [1.165, 1.54) is 25.7 Å². The van der Waals surface area contributed by atoms with Crippen LogP contribution in [0.25, 0.3) is 0 Å². The van der Waals surface area contributed by atoms with Crippen LogP contribution in [0.15, 0.2) is 0 Å². The van der Waals surface area contributed by atoms with Gasteiger partial charge >= 0.3 is 88.5 Å². The van der Waals surface area contributed by atoms with Gasteiger partial charge in [-0.2, -0.15) is 12.8 Å². The molecule has 1 atom stereocenters. The molecule has 361 valence electrons. The Balaban J connectivity index is -0.000000149. The molecule has 1 radical (unpaired) electrons. The zero-order chi connectivity index (χ0) is 48.4. The first-order valence-corrected chi connectivity index (χ1v) is 28.6. The maximum Gasteiger partial charge on any atom is 0 e. The Morgan fingerprint density at radius 3 is 0.881 bits per heavy atom. The molecule has 0 amide bonds. The average molecular weight is 1100 g/mol. The summed E-state index contributed by atoms with van der Waals surface area (Å²) in [6.45, 7) is 60.3. The number of hydrogen-bond donors (Lipinski definition) is 0. The third-order valence-electron chi connectivity index (χ3n) is 6.68. The van der Waals surface area contributed by atoms with Gasteiger partial charge in [0.05, 0.1) is 11.5 Å². The van der Waals surface area contributed by atoms with E-state index < -0.39 is 30.2 Å². The van der Waals surface area contributed by atoms with Crippen molar-refractivity contribution in [1.29, 1.82) is 0 Å². The Bertz CT molecular complexity index is 1240. The molecule has 1 unspecified atom stereocenters. The van der Waals surface area contributed by atoms with Gasteiger partial charge in [0.15, 0.2) is 9.84 Å². The van der Waals surface area contributed by atoms with Gasteiger partial charge in [0.25, 0.3) is 0 Å². The smallest absolute Gasteiger partial charge is 0 e. The predicted molar refractivity (Wildman–Crippen MR) is 270 cm³/mol. The van der Waals surface area contributed by atoms with Gasteiger partial charge in [-0.1, -0.05) is 163 Å². The average Bonchev–Trinajstić information content (AvgIpc) is 2.74. The van der Waals surface area contributed by atoms with Crippen LogP contribution in [-0.4, -0.2) is 61.1 Å². The van der Waals surface area contributed by atoms with E-state index in [9.17, 15) is 16.8 Å². The van der Waals surface area contributed by atoms with Crippen LogP contribution in [0.3, 0.4) is 0 Å². The summed E-state index contributed by atoms with van der Waals surface area (Å²) in [5, 5.41) is 0. The molecule has 0 aromatic heterocycles. The van der Waals surface area contributed by atoms with Crippen LogP contribution in [0.1, 0.15) is 220 Å². The van der Waals surface area contributed by atoms with Crippen LogP contribution in [-0.2, 0) is 68.1 Å². The van der Waals surface area contributed by atoms with Crippen LogP contribution in [0, 0.1) is 55.2 Å². The summed E-state index contributed by atoms with van der Waals surface area (Å²) >= 11 is 1.68. The SMILES string of the molecule is C=S(=O)(CC)CC(C)(C)C.CC(C)(C)CS(=O)(=O)CC(C)(C)C.CC(C)(C)CS(=O)CC(C)(C)C.CC(C)(C)C[CH-]CC(C)(C)C.CC(C)(C)C[C](=[W])CC(C)(C)C.[V]. The molecule has 0 aromatic carbocycles. The second-order valence-corrected chi connectivity index (χ2v) is 36.2. The van der Waals surface area contributed by atoms with Crippen LogP contribution >= 0.6 is 0 Å². The monoisotopic (exact) mass is 1100 g/mol. The van der Waals surface area contributed by atoms with Gasteiger partial charge in [0.1, 0.15) is 0 Å². The summed E-state index contributed by atoms with van der Waals surface area (Å²) in [6, 6.07) is 0. The molecule has 0 saturated carbocycles. The molecule has 59 heavy (non-hydrogen) atoms. The van der Waals surface area contributed by atoms with Gasteiger partial charge in [-0.25, -0.2) is 8.42 Å². The normalized spacial score (nSPS) is 14.4. The van der Waals surface area contributed by atoms with E-state index in [0.717, 1.165) is 17.3 Å². The fraction of sp³-hybridized carbons (Fsp3) is 0.940. The first kappa shape index (κ1) is 71.9. The Labute approximate surface area is 400 Å². The molecule has 0 bridgehead atoms. The van der Waals surface area contributed by atoms with Crippen LogP contribution < -0.4 is 0 Å². The van der Waals surface area contributed by atoms with E-state index in [1.807, 2.05) is 48.5 Å². The van der Waals surface area contributed by atoms with Gasteiger partial charge < -0.3 is 6.42 Å². The fourth-order valence-corrected chi connectivity index (χ4v) is 15.1. The van der Waals surface area contributed by atoms with Crippen LogP contribution in [0.5, 0.6) is 0 Å². The van der Waals surface area contributed by atoms with E-state index >= 15 is 0 Å². The molecule has 4 nitrogen and oxygen atoms in total. The van der Waals surface area contributed by atoms with Crippen molar-refractivity contribution in [3.63, 3.8) is 0 Å². The molecule has 0 aliphatic heterocycles. The van der Waals surface area contributed by atoms with E-state index in [0.29, 0.717) is 27.4 Å². The van der Waals surface area contributed by atoms with E-state index in [4.69, 9.17) is 0 Å². The van der Waals surface area contributed by atoms with Crippen molar-refractivity contribution in [1.82, 2.24) is 0 Å². The molecule has 0 heterocycles. The fourth-order valence-electron chi connectivity index (χ4n) is 5.46. The topological polar surface area (TPSA) is 68.3 Å². The Morgan fingerprint density at radius 2 is 0.729 bits per heavy atom. The molecule has 0 aliphatic carbocycles. The first-order valence-electron chi connectivity index (χ1n) is 21.8. The van der Waals surface area contributed by atoms with E-state index in [-0.39, 0.29) is 57.1 Å². The van der Waals surface area contributed by atoms with Crippen molar-refractivity contribution in [2.24, 2.45) is 48.7 Å². The molecule has 9 heteroatoms. The Morgan fingerprint density at radius 1 is 0.475 bits per heavy atom. The first-order chi connectivity index (χ1) is 24.6. The van der Waals surface area contributed by atoms with Crippen molar-refractivity contribution in [2.75, 3.05) is 34.5 Å². The maximum atomic E-state index is 11.7. The van der Waals surface area contributed by atoms with Gasteiger partial charge in [0.2, 0.25) is 0 Å². The minimum Gasteiger partial charge on any atom is 0 e. The number of rotatable bonds is 10. The van der Waals surface area contributed by atoms with Crippen molar-refractivity contribution in [2.45, 2.75) is 220 Å². The largest absolute Gasteiger partial charge is 0 e. The summed E-state index contributed by atoms with van der Waals surface area (Å²) < 4.78 is 48.1. The summed E-state index contributed by atoms with van der Waals surface area (Å²) in [5.74, 6) is 7.30. The standard InChI is InChI=1S/C11H23.C11H22.C10H22O2S.C10H22OS.C8H18OS.V.W/c2*1-10(2,3)8-7-9-11(4,5)6;1-9(2,3)7-13(11,12)8-10(4,5)6;1-9(2,3)7-12(11)8-10(4,5)6;1-6-10(5,9)7-8(2,3)4;;/h7H,8-9H2,1-6H3;8-9H2,1-6H3;7-8H2,1-6H3;7-8H2,1-6H3;5-7H2,1-4H3;;/q-1;;;;;;.